The van der Waals surface area contributed by atoms with Crippen molar-refractivity contribution >= 4 is 11.8 Å². The monoisotopic (exact) mass is 394 g/mol. The highest BCUT2D eigenvalue weighted by Crippen LogP contribution is 2.10. The number of carbonyl (C=O) groups excluding carboxylic acids is 2. The van der Waals surface area contributed by atoms with Crippen LogP contribution >= 0.6 is 0 Å². The Morgan fingerprint density at radius 2 is 1.62 bits per heavy atom. The number of carbonyl (C=O) groups is 2. The Bertz CT molecular complexity index is 857. The average molecular weight is 395 g/mol. The molecule has 5 heteroatoms. The topological polar surface area (TPSA) is 62.6 Å². The van der Waals surface area contributed by atoms with Gasteiger partial charge in [0.15, 0.2) is 0 Å². The van der Waals surface area contributed by atoms with Crippen LogP contribution in [-0.2, 0) is 17.9 Å². The van der Waals surface area contributed by atoms with Gasteiger partial charge in [0, 0.05) is 17.7 Å². The first-order chi connectivity index (χ1) is 14.0. The van der Waals surface area contributed by atoms with E-state index in [0.717, 1.165) is 23.2 Å². The molecule has 3 rings (SSSR count). The molecule has 154 valence electrons. The van der Waals surface area contributed by atoms with Gasteiger partial charge in [-0.05, 0) is 61.9 Å². The molecule has 5 nitrogen and oxygen atoms in total. The Labute approximate surface area is 173 Å². The fourth-order valence-corrected chi connectivity index (χ4v) is 3.80. The molecule has 1 saturated heterocycles. The Balaban J connectivity index is 1.49. The highest BCUT2D eigenvalue weighted by molar-refractivity contribution is 5.96. The van der Waals surface area contributed by atoms with Crippen LogP contribution in [0.5, 0.6) is 0 Å². The molecule has 2 aromatic carbocycles. The van der Waals surface area contributed by atoms with Gasteiger partial charge in [-0.1, -0.05) is 30.3 Å². The minimum Gasteiger partial charge on any atom is -0.350 e. The van der Waals surface area contributed by atoms with Gasteiger partial charge in [-0.25, -0.2) is 0 Å². The maximum atomic E-state index is 12.3. The second-order valence-corrected chi connectivity index (χ2v) is 8.01. The van der Waals surface area contributed by atoms with E-state index in [2.05, 4.69) is 28.8 Å². The number of aryl methyl sites for hydroxylation is 2. The lowest BCUT2D eigenvalue weighted by Gasteiger charge is -2.24. The van der Waals surface area contributed by atoms with E-state index in [9.17, 15) is 9.59 Å². The summed E-state index contributed by atoms with van der Waals surface area (Å²) in [5.74, 6) is -0.403. The van der Waals surface area contributed by atoms with Gasteiger partial charge in [0.05, 0.1) is 19.6 Å². The summed E-state index contributed by atoms with van der Waals surface area (Å²) in [6, 6.07) is 13.9. The highest BCUT2D eigenvalue weighted by Gasteiger charge is 2.16. The molecule has 29 heavy (non-hydrogen) atoms. The second kappa shape index (κ2) is 10.2. The smallest absolute Gasteiger partial charge is 0.251 e. The van der Waals surface area contributed by atoms with Crippen LogP contribution in [0, 0.1) is 13.8 Å². The minimum atomic E-state index is -0.225. The van der Waals surface area contributed by atoms with Crippen molar-refractivity contribution in [2.24, 2.45) is 0 Å². The SMILES string of the molecule is Cc1ccc(C(=O)NCC(=O)NCc2ccccc2C[NH+]2CCCCC2)cc1C. The molecule has 0 unspecified atom stereocenters. The number of nitrogens with one attached hydrogen (secondary N) is 3. The number of benzene rings is 2. The Morgan fingerprint density at radius 3 is 2.34 bits per heavy atom. The summed E-state index contributed by atoms with van der Waals surface area (Å²) >= 11 is 0. The lowest BCUT2D eigenvalue weighted by atomic mass is 10.0. The number of amides is 2. The quantitative estimate of drug-likeness (QED) is 0.672. The summed E-state index contributed by atoms with van der Waals surface area (Å²) in [6.45, 7) is 7.91. The van der Waals surface area contributed by atoms with Gasteiger partial charge in [0.25, 0.3) is 5.91 Å². The third kappa shape index (κ3) is 6.16. The fourth-order valence-electron chi connectivity index (χ4n) is 3.80. The van der Waals surface area contributed by atoms with Crippen molar-refractivity contribution in [1.29, 1.82) is 0 Å². The zero-order valence-electron chi connectivity index (χ0n) is 17.5. The first-order valence-electron chi connectivity index (χ1n) is 10.6. The molecule has 3 N–H and O–H groups in total. The van der Waals surface area contributed by atoms with Gasteiger partial charge >= 0.3 is 0 Å². The van der Waals surface area contributed by atoms with E-state index in [4.69, 9.17) is 0 Å². The number of likely N-dealkylation sites (tertiary alicyclic amines) is 1. The summed E-state index contributed by atoms with van der Waals surface area (Å²) in [5.41, 5.74) is 5.23. The molecule has 1 aliphatic rings. The number of hydrogen-bond acceptors (Lipinski definition) is 2. The predicted molar refractivity (Wildman–Crippen MR) is 115 cm³/mol. The third-order valence-corrected chi connectivity index (χ3v) is 5.77. The lowest BCUT2D eigenvalue weighted by molar-refractivity contribution is -0.918. The van der Waals surface area contributed by atoms with Crippen LogP contribution in [-0.4, -0.2) is 31.4 Å². The molecule has 0 aliphatic carbocycles. The lowest BCUT2D eigenvalue weighted by Crippen LogP contribution is -3.11. The average Bonchev–Trinajstić information content (AvgIpc) is 2.74. The Hall–Kier alpha value is -2.66. The van der Waals surface area contributed by atoms with E-state index in [0.29, 0.717) is 12.1 Å². The molecule has 0 aromatic heterocycles. The van der Waals surface area contributed by atoms with Gasteiger partial charge < -0.3 is 15.5 Å². The molecule has 0 saturated carbocycles. The maximum Gasteiger partial charge on any atom is 0.251 e. The first-order valence-corrected chi connectivity index (χ1v) is 10.6. The number of piperidine rings is 1. The summed E-state index contributed by atoms with van der Waals surface area (Å²) in [4.78, 5) is 26.1. The molecule has 0 bridgehead atoms. The number of quaternary nitrogens is 1. The highest BCUT2D eigenvalue weighted by atomic mass is 16.2. The van der Waals surface area contributed by atoms with Crippen molar-refractivity contribution in [3.05, 3.63) is 70.3 Å². The minimum absolute atomic E-state index is 0.0225. The zero-order chi connectivity index (χ0) is 20.6. The van der Waals surface area contributed by atoms with Crippen molar-refractivity contribution in [3.63, 3.8) is 0 Å². The van der Waals surface area contributed by atoms with Crippen molar-refractivity contribution in [1.82, 2.24) is 10.6 Å². The fraction of sp³-hybridized carbons (Fsp3) is 0.417. The number of hydrogen-bond donors (Lipinski definition) is 3. The van der Waals surface area contributed by atoms with Crippen molar-refractivity contribution in [3.8, 4) is 0 Å². The molecule has 1 heterocycles. The van der Waals surface area contributed by atoms with E-state index < -0.39 is 0 Å². The molecule has 2 aromatic rings. The van der Waals surface area contributed by atoms with E-state index in [-0.39, 0.29) is 18.4 Å². The molecule has 2 amide bonds. The predicted octanol–water partition coefficient (Wildman–Crippen LogP) is 1.92. The van der Waals surface area contributed by atoms with Crippen LogP contribution in [0.2, 0.25) is 0 Å². The van der Waals surface area contributed by atoms with Crippen molar-refractivity contribution < 1.29 is 14.5 Å². The largest absolute Gasteiger partial charge is 0.350 e. The molecular formula is C24H32N3O2+. The molecule has 0 spiro atoms. The van der Waals surface area contributed by atoms with Gasteiger partial charge in [0.1, 0.15) is 6.54 Å². The first kappa shape index (κ1) is 21.1. The third-order valence-electron chi connectivity index (χ3n) is 5.77. The summed E-state index contributed by atoms with van der Waals surface area (Å²) < 4.78 is 0. The normalized spacial score (nSPS) is 14.4. The van der Waals surface area contributed by atoms with Crippen LogP contribution < -0.4 is 15.5 Å². The summed E-state index contributed by atoms with van der Waals surface area (Å²) in [5, 5.41) is 5.65. The molecular weight excluding hydrogens is 362 g/mol. The van der Waals surface area contributed by atoms with Crippen molar-refractivity contribution in [2.75, 3.05) is 19.6 Å². The van der Waals surface area contributed by atoms with Gasteiger partial charge in [-0.15, -0.1) is 0 Å². The van der Waals surface area contributed by atoms with E-state index in [1.54, 1.807) is 11.0 Å². The molecule has 1 fully saturated rings. The van der Waals surface area contributed by atoms with Crippen LogP contribution in [0.25, 0.3) is 0 Å². The molecule has 0 radical (unpaired) electrons. The summed E-state index contributed by atoms with van der Waals surface area (Å²) in [6.07, 6.45) is 3.94. The summed E-state index contributed by atoms with van der Waals surface area (Å²) in [7, 11) is 0. The Kier molecular flexibility index (Phi) is 7.42. The van der Waals surface area contributed by atoms with Gasteiger partial charge in [0.2, 0.25) is 5.91 Å². The van der Waals surface area contributed by atoms with Crippen LogP contribution in [0.1, 0.15) is 51.9 Å². The van der Waals surface area contributed by atoms with E-state index in [1.807, 2.05) is 32.0 Å². The van der Waals surface area contributed by atoms with Crippen LogP contribution in [0.3, 0.4) is 0 Å². The number of rotatable bonds is 7. The maximum absolute atomic E-state index is 12.3. The van der Waals surface area contributed by atoms with Crippen LogP contribution in [0.15, 0.2) is 42.5 Å². The zero-order valence-corrected chi connectivity index (χ0v) is 17.5. The van der Waals surface area contributed by atoms with E-state index in [1.165, 1.54) is 37.9 Å². The van der Waals surface area contributed by atoms with Gasteiger partial charge in [-0.2, -0.15) is 0 Å². The second-order valence-electron chi connectivity index (χ2n) is 8.01. The van der Waals surface area contributed by atoms with Crippen molar-refractivity contribution in [2.45, 2.75) is 46.2 Å². The molecule has 0 atom stereocenters. The van der Waals surface area contributed by atoms with Gasteiger partial charge in [-0.3, -0.25) is 9.59 Å². The standard InChI is InChI=1S/C24H31N3O2/c1-18-10-11-20(14-19(18)2)24(29)26-16-23(28)25-15-21-8-4-5-9-22(21)17-27-12-6-3-7-13-27/h4-5,8-11,14H,3,6-7,12-13,15-17H2,1-2H3,(H,25,28)(H,26,29)/p+1. The molecule has 1 aliphatic heterocycles. The van der Waals surface area contributed by atoms with E-state index >= 15 is 0 Å². The Morgan fingerprint density at radius 1 is 0.897 bits per heavy atom. The van der Waals surface area contributed by atoms with Crippen LogP contribution in [0.4, 0.5) is 0 Å².